The fourth-order valence-corrected chi connectivity index (χ4v) is 1.12. The molecule has 57 valence electrons. The topological polar surface area (TPSA) is 12.9 Å². The molecule has 0 saturated carbocycles. The molecule has 0 fully saturated rings. The van der Waals surface area contributed by atoms with Crippen LogP contribution < -0.4 is 0 Å². The van der Waals surface area contributed by atoms with Crippen molar-refractivity contribution in [3.05, 3.63) is 54.9 Å². The van der Waals surface area contributed by atoms with E-state index in [1.165, 1.54) is 5.56 Å². The van der Waals surface area contributed by atoms with E-state index >= 15 is 0 Å². The van der Waals surface area contributed by atoms with E-state index in [1.807, 2.05) is 36.5 Å². The van der Waals surface area contributed by atoms with E-state index < -0.39 is 0 Å². The second-order valence-electron chi connectivity index (χ2n) is 2.54. The first-order valence-electron chi connectivity index (χ1n) is 3.84. The Balaban J connectivity index is 2.46. The largest absolute Gasteiger partial charge is 0.254 e. The quantitative estimate of drug-likeness (QED) is 0.615. The van der Waals surface area contributed by atoms with Crippen LogP contribution in [0, 0.1) is 6.20 Å². The number of pyridine rings is 1. The number of aromatic nitrogens is 1. The van der Waals surface area contributed by atoms with Gasteiger partial charge in [0.15, 0.2) is 0 Å². The highest BCUT2D eigenvalue weighted by molar-refractivity contribution is 5.61. The predicted molar refractivity (Wildman–Crippen MR) is 48.5 cm³/mol. The van der Waals surface area contributed by atoms with Gasteiger partial charge in [0.25, 0.3) is 0 Å². The van der Waals surface area contributed by atoms with Gasteiger partial charge < -0.3 is 0 Å². The summed E-state index contributed by atoms with van der Waals surface area (Å²) in [6.45, 7) is 0. The SMILES string of the molecule is [c]1ccc(-c2ccccc2)cn1. The Morgan fingerprint density at radius 3 is 2.42 bits per heavy atom. The van der Waals surface area contributed by atoms with Gasteiger partial charge in [0, 0.05) is 11.8 Å². The van der Waals surface area contributed by atoms with Crippen molar-refractivity contribution in [2.45, 2.75) is 0 Å². The lowest BCUT2D eigenvalue weighted by Crippen LogP contribution is -1.77. The Morgan fingerprint density at radius 1 is 0.917 bits per heavy atom. The fraction of sp³-hybridized carbons (Fsp3) is 0. The molecule has 0 unspecified atom stereocenters. The summed E-state index contributed by atoms with van der Waals surface area (Å²) in [4.78, 5) is 3.94. The van der Waals surface area contributed by atoms with Crippen LogP contribution in [0.1, 0.15) is 0 Å². The Bertz CT molecular complexity index is 302. The van der Waals surface area contributed by atoms with Crippen molar-refractivity contribution in [1.29, 1.82) is 0 Å². The van der Waals surface area contributed by atoms with E-state index in [1.54, 1.807) is 0 Å². The standard InChI is InChI=1S/C11H8N/c1-2-5-10(6-3-1)11-7-4-8-12-9-11/h1-7,9H. The molecule has 2 aromatic rings. The van der Waals surface area contributed by atoms with Gasteiger partial charge in [-0.25, -0.2) is 0 Å². The molecule has 0 aliphatic carbocycles. The first-order valence-corrected chi connectivity index (χ1v) is 3.84. The molecule has 1 heteroatoms. The molecular formula is C11H8N. The molecule has 1 aromatic carbocycles. The monoisotopic (exact) mass is 154 g/mol. The van der Waals surface area contributed by atoms with Crippen LogP contribution in [0.15, 0.2) is 48.7 Å². The summed E-state index contributed by atoms with van der Waals surface area (Å²) in [6, 6.07) is 14.0. The minimum atomic E-state index is 1.13. The van der Waals surface area contributed by atoms with Crippen molar-refractivity contribution in [3.63, 3.8) is 0 Å². The van der Waals surface area contributed by atoms with Crippen LogP contribution in [-0.4, -0.2) is 4.98 Å². The lowest BCUT2D eigenvalue weighted by molar-refractivity contribution is 1.31. The highest BCUT2D eigenvalue weighted by atomic mass is 14.6. The molecule has 12 heavy (non-hydrogen) atoms. The van der Waals surface area contributed by atoms with Crippen molar-refractivity contribution in [2.24, 2.45) is 0 Å². The fourth-order valence-electron chi connectivity index (χ4n) is 1.12. The van der Waals surface area contributed by atoms with Gasteiger partial charge in [0.2, 0.25) is 0 Å². The predicted octanol–water partition coefficient (Wildman–Crippen LogP) is 2.55. The van der Waals surface area contributed by atoms with Crippen molar-refractivity contribution < 1.29 is 0 Å². The summed E-state index contributed by atoms with van der Waals surface area (Å²) in [6.07, 6.45) is 4.57. The third-order valence-electron chi connectivity index (χ3n) is 1.72. The Labute approximate surface area is 71.7 Å². The molecule has 1 aromatic heterocycles. The minimum absolute atomic E-state index is 1.13. The molecule has 0 aliphatic heterocycles. The van der Waals surface area contributed by atoms with Crippen molar-refractivity contribution in [1.82, 2.24) is 4.98 Å². The summed E-state index contributed by atoms with van der Waals surface area (Å²) < 4.78 is 0. The van der Waals surface area contributed by atoms with Gasteiger partial charge in [-0.2, -0.15) is 0 Å². The number of rotatable bonds is 1. The molecule has 0 atom stereocenters. The maximum Gasteiger partial charge on any atom is 0.0886 e. The van der Waals surface area contributed by atoms with Gasteiger partial charge in [0.05, 0.1) is 6.20 Å². The third-order valence-corrected chi connectivity index (χ3v) is 1.72. The lowest BCUT2D eigenvalue weighted by atomic mass is 10.1. The second kappa shape index (κ2) is 3.18. The first-order chi connectivity index (χ1) is 5.97. The van der Waals surface area contributed by atoms with E-state index in [-0.39, 0.29) is 0 Å². The van der Waals surface area contributed by atoms with Crippen molar-refractivity contribution >= 4 is 0 Å². The van der Waals surface area contributed by atoms with E-state index in [4.69, 9.17) is 0 Å². The zero-order valence-corrected chi connectivity index (χ0v) is 6.57. The van der Waals surface area contributed by atoms with Crippen LogP contribution in [0.25, 0.3) is 11.1 Å². The molecular weight excluding hydrogens is 146 g/mol. The summed E-state index contributed by atoms with van der Waals surface area (Å²) in [5.74, 6) is 0. The summed E-state index contributed by atoms with van der Waals surface area (Å²) in [5.41, 5.74) is 2.33. The van der Waals surface area contributed by atoms with Gasteiger partial charge >= 0.3 is 0 Å². The lowest BCUT2D eigenvalue weighted by Gasteiger charge is -1.97. The molecule has 0 N–H and O–H groups in total. The highest BCUT2D eigenvalue weighted by Gasteiger charge is 1.92. The van der Waals surface area contributed by atoms with Gasteiger partial charge in [0.1, 0.15) is 0 Å². The van der Waals surface area contributed by atoms with E-state index in [0.717, 1.165) is 5.56 Å². The van der Waals surface area contributed by atoms with Crippen LogP contribution in [0.4, 0.5) is 0 Å². The molecule has 2 rings (SSSR count). The van der Waals surface area contributed by atoms with Crippen LogP contribution in [-0.2, 0) is 0 Å². The van der Waals surface area contributed by atoms with Crippen LogP contribution in [0.2, 0.25) is 0 Å². The number of nitrogens with zero attached hydrogens (tertiary/aromatic N) is 1. The average Bonchev–Trinajstić information content (AvgIpc) is 2.21. The van der Waals surface area contributed by atoms with Gasteiger partial charge in [-0.3, -0.25) is 4.98 Å². The average molecular weight is 154 g/mol. The maximum atomic E-state index is 3.94. The summed E-state index contributed by atoms with van der Waals surface area (Å²) in [7, 11) is 0. The normalized spacial score (nSPS) is 9.67. The Kier molecular flexibility index (Phi) is 1.87. The van der Waals surface area contributed by atoms with Crippen LogP contribution in [0.5, 0.6) is 0 Å². The van der Waals surface area contributed by atoms with Gasteiger partial charge in [-0.1, -0.05) is 36.4 Å². The maximum absolute atomic E-state index is 3.94. The van der Waals surface area contributed by atoms with Gasteiger partial charge in [-0.05, 0) is 11.6 Å². The molecule has 0 bridgehead atoms. The third kappa shape index (κ3) is 1.35. The van der Waals surface area contributed by atoms with Crippen LogP contribution in [0.3, 0.4) is 0 Å². The van der Waals surface area contributed by atoms with Crippen molar-refractivity contribution in [2.75, 3.05) is 0 Å². The zero-order valence-electron chi connectivity index (χ0n) is 6.57. The van der Waals surface area contributed by atoms with Crippen molar-refractivity contribution in [3.8, 4) is 11.1 Å². The molecule has 0 saturated heterocycles. The molecule has 0 amide bonds. The van der Waals surface area contributed by atoms with E-state index in [0.29, 0.717) is 0 Å². The van der Waals surface area contributed by atoms with Gasteiger partial charge in [-0.15, -0.1) is 0 Å². The second-order valence-corrected chi connectivity index (χ2v) is 2.54. The zero-order chi connectivity index (χ0) is 8.23. The molecule has 1 nitrogen and oxygen atoms in total. The number of hydrogen-bond acceptors (Lipinski definition) is 1. The molecule has 1 radical (unpaired) electrons. The Hall–Kier alpha value is -1.63. The molecule has 0 spiro atoms. The highest BCUT2D eigenvalue weighted by Crippen LogP contribution is 2.15. The number of benzene rings is 1. The summed E-state index contributed by atoms with van der Waals surface area (Å²) >= 11 is 0. The van der Waals surface area contributed by atoms with E-state index in [9.17, 15) is 0 Å². The minimum Gasteiger partial charge on any atom is -0.254 e. The number of hydrogen-bond donors (Lipinski definition) is 0. The molecule has 0 aliphatic rings. The smallest absolute Gasteiger partial charge is 0.0886 e. The Morgan fingerprint density at radius 2 is 1.75 bits per heavy atom. The molecule has 1 heterocycles. The van der Waals surface area contributed by atoms with Crippen LogP contribution >= 0.6 is 0 Å². The van der Waals surface area contributed by atoms with E-state index in [2.05, 4.69) is 23.3 Å². The first kappa shape index (κ1) is 7.04. The summed E-state index contributed by atoms with van der Waals surface area (Å²) in [5, 5.41) is 0.